The molecule has 0 aromatic heterocycles. The van der Waals surface area contributed by atoms with Crippen molar-refractivity contribution in [1.82, 2.24) is 4.90 Å². The second kappa shape index (κ2) is 8.24. The molecule has 1 aliphatic rings. The van der Waals surface area contributed by atoms with Crippen molar-refractivity contribution in [2.75, 3.05) is 31.1 Å². The van der Waals surface area contributed by atoms with Crippen LogP contribution in [-0.4, -0.2) is 54.6 Å². The van der Waals surface area contributed by atoms with E-state index in [2.05, 4.69) is 9.99 Å². The first-order valence-electron chi connectivity index (χ1n) is 8.60. The molecule has 2 N–H and O–H groups in total. The molecule has 0 saturated carbocycles. The molecule has 1 heterocycles. The van der Waals surface area contributed by atoms with Crippen molar-refractivity contribution in [1.29, 1.82) is 0 Å². The zero-order chi connectivity index (χ0) is 20.2. The molecule has 1 aromatic rings. The van der Waals surface area contributed by atoms with E-state index >= 15 is 0 Å². The Hall–Kier alpha value is -2.84. The van der Waals surface area contributed by atoms with Crippen molar-refractivity contribution >= 4 is 23.6 Å². The Bertz CT molecular complexity index is 733. The minimum atomic E-state index is -0.792. The fourth-order valence-corrected chi connectivity index (χ4v) is 2.51. The number of benzene rings is 1. The Kier molecular flexibility index (Phi) is 6.24. The van der Waals surface area contributed by atoms with E-state index in [0.29, 0.717) is 31.9 Å². The number of hydrogen-bond acceptors (Lipinski definition) is 6. The van der Waals surface area contributed by atoms with Crippen LogP contribution in [0.3, 0.4) is 0 Å². The van der Waals surface area contributed by atoms with Gasteiger partial charge in [-0.3, -0.25) is 0 Å². The van der Waals surface area contributed by atoms with E-state index in [4.69, 9.17) is 10.5 Å². The number of oxime groups is 1. The number of amidine groups is 1. The molecule has 9 heteroatoms. The van der Waals surface area contributed by atoms with Crippen LogP contribution in [0.4, 0.5) is 14.9 Å². The fourth-order valence-electron chi connectivity index (χ4n) is 2.51. The van der Waals surface area contributed by atoms with Crippen molar-refractivity contribution in [2.24, 2.45) is 10.9 Å². The molecule has 0 spiro atoms. The third kappa shape index (κ3) is 5.83. The van der Waals surface area contributed by atoms with Gasteiger partial charge in [-0.15, -0.1) is 0 Å². The van der Waals surface area contributed by atoms with Crippen molar-refractivity contribution < 1.29 is 23.6 Å². The van der Waals surface area contributed by atoms with Gasteiger partial charge in [0.25, 0.3) is 0 Å². The number of piperazine rings is 1. The molecule has 0 bridgehead atoms. The van der Waals surface area contributed by atoms with Crippen molar-refractivity contribution in [3.05, 3.63) is 29.6 Å². The molecular weight excluding hydrogens is 355 g/mol. The van der Waals surface area contributed by atoms with Crippen molar-refractivity contribution in [3.63, 3.8) is 0 Å². The average molecular weight is 380 g/mol. The second-order valence-corrected chi connectivity index (χ2v) is 7.23. The highest BCUT2D eigenvalue weighted by molar-refractivity contribution is 5.90. The Morgan fingerprint density at radius 1 is 1.19 bits per heavy atom. The monoisotopic (exact) mass is 380 g/mol. The standard InChI is InChI=1S/C18H25FN4O4/c1-12(20)21-27-16(24)13-5-6-15(14(19)11-13)22-7-9-23(10-8-22)17(25)26-18(2,3)4/h5-6,11H,7-10H2,1-4H3,(H2,20,21). The zero-order valence-corrected chi connectivity index (χ0v) is 16.0. The predicted octanol–water partition coefficient (Wildman–Crippen LogP) is 2.33. The number of carbonyl (C=O) groups is 2. The molecule has 0 unspecified atom stereocenters. The van der Waals surface area contributed by atoms with E-state index < -0.39 is 17.4 Å². The number of nitrogens with zero attached hydrogens (tertiary/aromatic N) is 3. The number of halogens is 1. The summed E-state index contributed by atoms with van der Waals surface area (Å²) in [4.78, 5) is 31.9. The lowest BCUT2D eigenvalue weighted by molar-refractivity contribution is 0.0240. The van der Waals surface area contributed by atoms with E-state index in [0.717, 1.165) is 6.07 Å². The molecule has 1 amide bonds. The number of anilines is 1. The van der Waals surface area contributed by atoms with Gasteiger partial charge in [-0.25, -0.2) is 14.0 Å². The summed E-state index contributed by atoms with van der Waals surface area (Å²) >= 11 is 0. The first kappa shape index (κ1) is 20.5. The quantitative estimate of drug-likeness (QED) is 0.374. The predicted molar refractivity (Wildman–Crippen MR) is 99.1 cm³/mol. The zero-order valence-electron chi connectivity index (χ0n) is 16.0. The molecule has 1 aromatic carbocycles. The fraction of sp³-hybridized carbons (Fsp3) is 0.500. The Labute approximate surface area is 157 Å². The van der Waals surface area contributed by atoms with Gasteiger partial charge < -0.3 is 25.1 Å². The van der Waals surface area contributed by atoms with Gasteiger partial charge in [-0.2, -0.15) is 0 Å². The maximum atomic E-state index is 14.5. The highest BCUT2D eigenvalue weighted by Gasteiger charge is 2.27. The molecule has 27 heavy (non-hydrogen) atoms. The summed E-state index contributed by atoms with van der Waals surface area (Å²) < 4.78 is 19.8. The van der Waals surface area contributed by atoms with E-state index in [1.54, 1.807) is 4.90 Å². The van der Waals surface area contributed by atoms with Crippen LogP contribution in [-0.2, 0) is 9.57 Å². The van der Waals surface area contributed by atoms with E-state index in [1.165, 1.54) is 19.1 Å². The topological polar surface area (TPSA) is 97.5 Å². The summed E-state index contributed by atoms with van der Waals surface area (Å²) in [5.41, 5.74) is 5.12. The van der Waals surface area contributed by atoms with E-state index in [1.807, 2.05) is 25.7 Å². The molecule has 0 radical (unpaired) electrons. The third-order valence-corrected chi connectivity index (χ3v) is 3.73. The minimum absolute atomic E-state index is 0.0358. The first-order valence-corrected chi connectivity index (χ1v) is 8.60. The summed E-state index contributed by atoms with van der Waals surface area (Å²) in [6.45, 7) is 8.64. The van der Waals surface area contributed by atoms with Crippen LogP contribution in [0.2, 0.25) is 0 Å². The van der Waals surface area contributed by atoms with Gasteiger partial charge in [0.2, 0.25) is 0 Å². The maximum absolute atomic E-state index is 14.5. The molecule has 1 aliphatic heterocycles. The van der Waals surface area contributed by atoms with Crippen LogP contribution >= 0.6 is 0 Å². The average Bonchev–Trinajstić information content (AvgIpc) is 2.58. The van der Waals surface area contributed by atoms with Gasteiger partial charge in [-0.1, -0.05) is 5.16 Å². The van der Waals surface area contributed by atoms with Gasteiger partial charge >= 0.3 is 12.1 Å². The van der Waals surface area contributed by atoms with E-state index in [-0.39, 0.29) is 17.5 Å². The van der Waals surface area contributed by atoms with Crippen molar-refractivity contribution in [3.8, 4) is 0 Å². The van der Waals surface area contributed by atoms with Gasteiger partial charge in [0, 0.05) is 26.2 Å². The molecule has 148 valence electrons. The lowest BCUT2D eigenvalue weighted by Crippen LogP contribution is -2.50. The van der Waals surface area contributed by atoms with Crippen LogP contribution in [0.25, 0.3) is 0 Å². The normalized spacial score (nSPS) is 15.5. The van der Waals surface area contributed by atoms with Gasteiger partial charge in [0.05, 0.1) is 11.3 Å². The maximum Gasteiger partial charge on any atom is 0.410 e. The summed E-state index contributed by atoms with van der Waals surface area (Å²) in [6.07, 6.45) is -0.378. The van der Waals surface area contributed by atoms with Crippen LogP contribution in [0.1, 0.15) is 38.1 Å². The molecule has 8 nitrogen and oxygen atoms in total. The van der Waals surface area contributed by atoms with Gasteiger partial charge in [-0.05, 0) is 45.9 Å². The number of carbonyl (C=O) groups excluding carboxylic acids is 2. The highest BCUT2D eigenvalue weighted by Crippen LogP contribution is 2.23. The number of ether oxygens (including phenoxy) is 1. The van der Waals surface area contributed by atoms with Crippen LogP contribution in [0.15, 0.2) is 23.4 Å². The Morgan fingerprint density at radius 2 is 1.81 bits per heavy atom. The second-order valence-electron chi connectivity index (χ2n) is 7.23. The lowest BCUT2D eigenvalue weighted by Gasteiger charge is -2.36. The molecular formula is C18H25FN4O4. The minimum Gasteiger partial charge on any atom is -0.444 e. The molecule has 2 rings (SSSR count). The molecule has 1 saturated heterocycles. The molecule has 0 aliphatic carbocycles. The Morgan fingerprint density at radius 3 is 2.33 bits per heavy atom. The number of amides is 1. The SMILES string of the molecule is CC(N)=NOC(=O)c1ccc(N2CCN(C(=O)OC(C)(C)C)CC2)c(F)c1. The van der Waals surface area contributed by atoms with E-state index in [9.17, 15) is 14.0 Å². The molecule has 0 atom stereocenters. The summed E-state index contributed by atoms with van der Waals surface area (Å²) in [7, 11) is 0. The third-order valence-electron chi connectivity index (χ3n) is 3.73. The molecule has 1 fully saturated rings. The van der Waals surface area contributed by atoms with Crippen LogP contribution < -0.4 is 10.6 Å². The summed E-state index contributed by atoms with van der Waals surface area (Å²) in [6, 6.07) is 4.07. The van der Waals surface area contributed by atoms with Crippen LogP contribution in [0.5, 0.6) is 0 Å². The van der Waals surface area contributed by atoms with Gasteiger partial charge in [0.1, 0.15) is 17.3 Å². The lowest BCUT2D eigenvalue weighted by atomic mass is 10.1. The summed E-state index contributed by atoms with van der Waals surface area (Å²) in [5, 5.41) is 3.36. The number of nitrogens with two attached hydrogens (primary N) is 1. The van der Waals surface area contributed by atoms with Crippen LogP contribution in [0, 0.1) is 5.82 Å². The first-order chi connectivity index (χ1) is 12.6. The van der Waals surface area contributed by atoms with Gasteiger partial charge in [0.15, 0.2) is 0 Å². The number of hydrogen-bond donors (Lipinski definition) is 1. The largest absolute Gasteiger partial charge is 0.444 e. The smallest absolute Gasteiger partial charge is 0.410 e. The van der Waals surface area contributed by atoms with Crippen molar-refractivity contribution in [2.45, 2.75) is 33.3 Å². The number of rotatable bonds is 3. The summed E-state index contributed by atoms with van der Waals surface area (Å²) in [5.74, 6) is -1.26. The highest BCUT2D eigenvalue weighted by atomic mass is 19.1. The Balaban J connectivity index is 1.99.